The second-order valence-electron chi connectivity index (χ2n) is 5.61. The Morgan fingerprint density at radius 1 is 1.38 bits per heavy atom. The van der Waals surface area contributed by atoms with Gasteiger partial charge in [0.1, 0.15) is 0 Å². The molecule has 1 aliphatic carbocycles. The Morgan fingerprint density at radius 3 is 2.46 bits per heavy atom. The second-order valence-corrected chi connectivity index (χ2v) is 5.61. The molecule has 5 nitrogen and oxygen atoms in total. The SMILES string of the molecule is C=C(CC(=O)OC1(c2ccc(C(F)(F)F)cn2)CCC1)C(=O)NC. The summed E-state index contributed by atoms with van der Waals surface area (Å²) >= 11 is 0. The van der Waals surface area contributed by atoms with Crippen molar-refractivity contribution in [1.82, 2.24) is 10.3 Å². The molecule has 0 unspecified atom stereocenters. The number of pyridine rings is 1. The number of rotatable bonds is 5. The van der Waals surface area contributed by atoms with E-state index in [1.807, 2.05) is 0 Å². The molecule has 0 bridgehead atoms. The zero-order chi connectivity index (χ0) is 18.0. The number of aromatic nitrogens is 1. The Balaban J connectivity index is 2.10. The van der Waals surface area contributed by atoms with Crippen LogP contribution in [0.2, 0.25) is 0 Å². The van der Waals surface area contributed by atoms with Crippen molar-refractivity contribution in [2.24, 2.45) is 0 Å². The molecule has 1 saturated carbocycles. The van der Waals surface area contributed by atoms with Crippen molar-refractivity contribution < 1.29 is 27.5 Å². The number of ether oxygens (including phenoxy) is 1. The number of carbonyl (C=O) groups is 2. The van der Waals surface area contributed by atoms with Crippen molar-refractivity contribution in [2.75, 3.05) is 7.05 Å². The van der Waals surface area contributed by atoms with Crippen LogP contribution in [0.3, 0.4) is 0 Å². The summed E-state index contributed by atoms with van der Waals surface area (Å²) in [7, 11) is 1.42. The van der Waals surface area contributed by atoms with Crippen LogP contribution in [-0.2, 0) is 26.1 Å². The minimum atomic E-state index is -4.47. The molecule has 1 N–H and O–H groups in total. The number of alkyl halides is 3. The van der Waals surface area contributed by atoms with Crippen LogP contribution < -0.4 is 5.32 Å². The molecule has 2 rings (SSSR count). The highest BCUT2D eigenvalue weighted by Gasteiger charge is 2.44. The lowest BCUT2D eigenvalue weighted by molar-refractivity contribution is -0.172. The first kappa shape index (κ1) is 18.0. The van der Waals surface area contributed by atoms with E-state index in [9.17, 15) is 22.8 Å². The summed E-state index contributed by atoms with van der Waals surface area (Å²) in [4.78, 5) is 27.2. The first-order chi connectivity index (χ1) is 11.2. The van der Waals surface area contributed by atoms with Crippen molar-refractivity contribution in [3.63, 3.8) is 0 Å². The zero-order valence-corrected chi connectivity index (χ0v) is 13.1. The van der Waals surface area contributed by atoms with Gasteiger partial charge in [0.25, 0.3) is 0 Å². The summed E-state index contributed by atoms with van der Waals surface area (Å²) in [5.41, 5.74) is -1.55. The van der Waals surface area contributed by atoms with Crippen molar-refractivity contribution in [1.29, 1.82) is 0 Å². The number of likely N-dealkylation sites (N-methyl/N-ethyl adjacent to an activating group) is 1. The number of nitrogens with one attached hydrogen (secondary N) is 1. The number of halogens is 3. The Bertz CT molecular complexity index is 650. The van der Waals surface area contributed by atoms with Gasteiger partial charge in [0.05, 0.1) is 17.7 Å². The van der Waals surface area contributed by atoms with Gasteiger partial charge in [-0.05, 0) is 31.4 Å². The first-order valence-electron chi connectivity index (χ1n) is 7.33. The molecule has 0 aromatic carbocycles. The van der Waals surface area contributed by atoms with Gasteiger partial charge in [0, 0.05) is 18.8 Å². The molecule has 1 heterocycles. The molecule has 1 aliphatic rings. The Morgan fingerprint density at radius 2 is 2.04 bits per heavy atom. The molecular weight excluding hydrogens is 325 g/mol. The summed E-state index contributed by atoms with van der Waals surface area (Å²) in [5, 5.41) is 2.35. The third-order valence-electron chi connectivity index (χ3n) is 3.93. The maximum absolute atomic E-state index is 12.6. The predicted molar refractivity (Wildman–Crippen MR) is 78.7 cm³/mol. The molecule has 0 aliphatic heterocycles. The number of hydrogen-bond acceptors (Lipinski definition) is 4. The third kappa shape index (κ3) is 3.74. The number of hydrogen-bond donors (Lipinski definition) is 1. The van der Waals surface area contributed by atoms with Gasteiger partial charge in [-0.15, -0.1) is 0 Å². The van der Waals surface area contributed by atoms with Crippen LogP contribution in [0.1, 0.15) is 36.9 Å². The number of esters is 1. The monoisotopic (exact) mass is 342 g/mol. The van der Waals surface area contributed by atoms with Gasteiger partial charge in [-0.3, -0.25) is 14.6 Å². The molecule has 0 radical (unpaired) electrons. The van der Waals surface area contributed by atoms with Crippen molar-refractivity contribution in [3.8, 4) is 0 Å². The highest BCUT2D eigenvalue weighted by molar-refractivity contribution is 5.96. The van der Waals surface area contributed by atoms with Crippen LogP contribution in [-0.4, -0.2) is 23.9 Å². The maximum atomic E-state index is 12.6. The van der Waals surface area contributed by atoms with Crippen LogP contribution in [0.5, 0.6) is 0 Å². The van der Waals surface area contributed by atoms with Crippen LogP contribution in [0.15, 0.2) is 30.5 Å². The van der Waals surface area contributed by atoms with E-state index < -0.39 is 29.2 Å². The van der Waals surface area contributed by atoms with E-state index in [1.165, 1.54) is 13.1 Å². The highest BCUT2D eigenvalue weighted by Crippen LogP contribution is 2.44. The minimum Gasteiger partial charge on any atom is -0.452 e. The molecule has 8 heteroatoms. The number of amides is 1. The predicted octanol–water partition coefficient (Wildman–Crippen LogP) is 2.72. The minimum absolute atomic E-state index is 0.0531. The van der Waals surface area contributed by atoms with Crippen LogP contribution in [0.4, 0.5) is 13.2 Å². The standard InChI is InChI=1S/C16H17F3N2O3/c1-10(14(23)20-2)8-13(22)24-15(6-3-7-15)12-5-4-11(9-21-12)16(17,18)19/h4-5,9H,1,3,6-8H2,2H3,(H,20,23). The van der Waals surface area contributed by atoms with Gasteiger partial charge >= 0.3 is 12.1 Å². The molecular formula is C16H17F3N2O3. The highest BCUT2D eigenvalue weighted by atomic mass is 19.4. The van der Waals surface area contributed by atoms with Crippen LogP contribution in [0, 0.1) is 0 Å². The fraction of sp³-hybridized carbons (Fsp3) is 0.438. The molecule has 0 saturated heterocycles. The summed E-state index contributed by atoms with van der Waals surface area (Å²) in [6.45, 7) is 3.50. The van der Waals surface area contributed by atoms with Crippen molar-refractivity contribution >= 4 is 11.9 Å². The molecule has 24 heavy (non-hydrogen) atoms. The van der Waals surface area contributed by atoms with Crippen LogP contribution >= 0.6 is 0 Å². The van der Waals surface area contributed by atoms with E-state index in [0.717, 1.165) is 18.7 Å². The van der Waals surface area contributed by atoms with E-state index >= 15 is 0 Å². The van der Waals surface area contributed by atoms with Gasteiger partial charge in [0.2, 0.25) is 5.91 Å². The van der Waals surface area contributed by atoms with E-state index in [1.54, 1.807) is 0 Å². The molecule has 130 valence electrons. The maximum Gasteiger partial charge on any atom is 0.417 e. The smallest absolute Gasteiger partial charge is 0.417 e. The Labute approximate surface area is 136 Å². The van der Waals surface area contributed by atoms with Crippen molar-refractivity contribution in [2.45, 2.75) is 37.5 Å². The lowest BCUT2D eigenvalue weighted by Crippen LogP contribution is -2.40. The van der Waals surface area contributed by atoms with Gasteiger partial charge in [-0.25, -0.2) is 0 Å². The molecule has 0 spiro atoms. The summed E-state index contributed by atoms with van der Waals surface area (Å²) in [6, 6.07) is 2.14. The van der Waals surface area contributed by atoms with Gasteiger partial charge in [-0.1, -0.05) is 6.58 Å². The number of nitrogens with zero attached hydrogens (tertiary/aromatic N) is 1. The van der Waals surface area contributed by atoms with E-state index in [2.05, 4.69) is 16.9 Å². The second kappa shape index (κ2) is 6.62. The lowest BCUT2D eigenvalue weighted by atomic mass is 9.77. The average molecular weight is 342 g/mol. The first-order valence-corrected chi connectivity index (χ1v) is 7.33. The van der Waals surface area contributed by atoms with Gasteiger partial charge < -0.3 is 10.1 Å². The normalized spacial score (nSPS) is 16.0. The fourth-order valence-corrected chi connectivity index (χ4v) is 2.42. The van der Waals surface area contributed by atoms with Gasteiger partial charge in [0.15, 0.2) is 5.60 Å². The summed E-state index contributed by atoms with van der Waals surface area (Å²) in [5.74, 6) is -1.13. The summed E-state index contributed by atoms with van der Waals surface area (Å²) < 4.78 is 43.2. The Kier molecular flexibility index (Phi) is 4.96. The topological polar surface area (TPSA) is 68.3 Å². The van der Waals surface area contributed by atoms with E-state index in [-0.39, 0.29) is 17.7 Å². The lowest BCUT2D eigenvalue weighted by Gasteiger charge is -2.40. The average Bonchev–Trinajstić information content (AvgIpc) is 2.49. The molecule has 1 aromatic heterocycles. The van der Waals surface area contributed by atoms with E-state index in [4.69, 9.17) is 4.74 Å². The molecule has 1 amide bonds. The number of carbonyl (C=O) groups excluding carboxylic acids is 2. The molecule has 1 aromatic rings. The molecule has 1 fully saturated rings. The fourth-order valence-electron chi connectivity index (χ4n) is 2.42. The third-order valence-corrected chi connectivity index (χ3v) is 3.93. The Hall–Kier alpha value is -2.38. The van der Waals surface area contributed by atoms with Crippen molar-refractivity contribution in [3.05, 3.63) is 41.7 Å². The largest absolute Gasteiger partial charge is 0.452 e. The zero-order valence-electron chi connectivity index (χ0n) is 13.1. The van der Waals surface area contributed by atoms with Crippen LogP contribution in [0.25, 0.3) is 0 Å². The quantitative estimate of drug-likeness (QED) is 0.660. The summed E-state index contributed by atoms with van der Waals surface area (Å²) in [6.07, 6.45) is -2.31. The molecule has 0 atom stereocenters. The van der Waals surface area contributed by atoms with E-state index in [0.29, 0.717) is 12.8 Å². The van der Waals surface area contributed by atoms with Gasteiger partial charge in [-0.2, -0.15) is 13.2 Å².